The third-order valence-electron chi connectivity index (χ3n) is 1.78. The average Bonchev–Trinajstić information content (AvgIpc) is 2.59. The summed E-state index contributed by atoms with van der Waals surface area (Å²) in [5.41, 5.74) is 0. The van der Waals surface area contributed by atoms with E-state index in [4.69, 9.17) is 0 Å². The van der Waals surface area contributed by atoms with Crippen molar-refractivity contribution < 1.29 is 13.2 Å². The predicted octanol–water partition coefficient (Wildman–Crippen LogP) is 4.61. The second-order valence-corrected chi connectivity index (χ2v) is 6.54. The van der Waals surface area contributed by atoms with Crippen LogP contribution in [0.15, 0.2) is 72.8 Å². The molecule has 25 heavy (non-hydrogen) atoms. The summed E-state index contributed by atoms with van der Waals surface area (Å²) in [6.45, 7) is 7.56. The lowest BCUT2D eigenvalue weighted by atomic mass is 10.4. The highest BCUT2D eigenvalue weighted by molar-refractivity contribution is 7.88. The van der Waals surface area contributed by atoms with Gasteiger partial charge in [-0.2, -0.15) is 0 Å². The molecule has 0 spiro atoms. The molecule has 0 unspecified atom stereocenters. The lowest BCUT2D eigenvalue weighted by Crippen LogP contribution is -2.28. The van der Waals surface area contributed by atoms with Crippen LogP contribution in [0.5, 0.6) is 0 Å². The molecule has 144 valence electrons. The van der Waals surface area contributed by atoms with Gasteiger partial charge in [0.2, 0.25) is 10.0 Å². The van der Waals surface area contributed by atoms with Crippen LogP contribution in [0.4, 0.5) is 0 Å². The maximum absolute atomic E-state index is 10.3. The molecule has 4 nitrogen and oxygen atoms in total. The number of nitrogens with one attached hydrogen (secondary N) is 1. The average molecular weight is 370 g/mol. The van der Waals surface area contributed by atoms with Gasteiger partial charge in [-0.05, 0) is 13.8 Å². The van der Waals surface area contributed by atoms with E-state index >= 15 is 0 Å². The highest BCUT2D eigenvalue weighted by Crippen LogP contribution is 1.81. The summed E-state index contributed by atoms with van der Waals surface area (Å²) < 4.78 is 27.3. The van der Waals surface area contributed by atoms with Crippen LogP contribution in [0.3, 0.4) is 0 Å². The fourth-order valence-electron chi connectivity index (χ4n) is 1.20. The smallest absolute Gasteiger partial charge is 0.208 e. The van der Waals surface area contributed by atoms with Gasteiger partial charge in [-0.3, -0.25) is 0 Å². The van der Waals surface area contributed by atoms with Crippen LogP contribution in [0, 0.1) is 0 Å². The van der Waals surface area contributed by atoms with Crippen molar-refractivity contribution in [2.45, 2.75) is 33.7 Å². The number of benzene rings is 2. The monoisotopic (exact) mass is 369 g/mol. The van der Waals surface area contributed by atoms with Gasteiger partial charge in [-0.1, -0.05) is 86.6 Å². The zero-order valence-corrected chi connectivity index (χ0v) is 17.5. The summed E-state index contributed by atoms with van der Waals surface area (Å²) in [7, 11) is 0.277. The van der Waals surface area contributed by atoms with E-state index in [0.29, 0.717) is 0 Å². The molecule has 0 aliphatic rings. The minimum Gasteiger partial charge on any atom is -0.388 e. The van der Waals surface area contributed by atoms with Crippen molar-refractivity contribution >= 4 is 10.0 Å². The van der Waals surface area contributed by atoms with Crippen LogP contribution in [-0.4, -0.2) is 34.9 Å². The van der Waals surface area contributed by atoms with Gasteiger partial charge in [0.05, 0.1) is 6.26 Å². The van der Waals surface area contributed by atoms with E-state index in [1.807, 2.05) is 86.6 Å². The molecule has 0 aliphatic heterocycles. The van der Waals surface area contributed by atoms with Gasteiger partial charge in [0.25, 0.3) is 0 Å². The summed E-state index contributed by atoms with van der Waals surface area (Å²) in [6, 6.07) is 24.0. The molecule has 0 saturated carbocycles. The van der Waals surface area contributed by atoms with Crippen molar-refractivity contribution in [3.8, 4) is 0 Å². The first-order valence-corrected chi connectivity index (χ1v) is 10.1. The fraction of sp³-hybridized carbons (Fsp3) is 0.400. The highest BCUT2D eigenvalue weighted by atomic mass is 32.2. The van der Waals surface area contributed by atoms with Crippen molar-refractivity contribution in [2.75, 3.05) is 20.5 Å². The molecule has 0 heterocycles. The molecule has 0 atom stereocenters. The molecule has 2 aromatic rings. The van der Waals surface area contributed by atoms with Crippen molar-refractivity contribution in [1.82, 2.24) is 4.72 Å². The Morgan fingerprint density at radius 2 is 0.840 bits per heavy atom. The quantitative estimate of drug-likeness (QED) is 0.841. The molecule has 5 heteroatoms. The van der Waals surface area contributed by atoms with E-state index in [1.54, 1.807) is 28.1 Å². The number of hydrogen-bond acceptors (Lipinski definition) is 3. The number of sulfonamides is 1. The maximum Gasteiger partial charge on any atom is 0.208 e. The predicted molar refractivity (Wildman–Crippen MR) is 110 cm³/mol. The summed E-state index contributed by atoms with van der Waals surface area (Å²) >= 11 is 0. The molecule has 0 amide bonds. The number of hydrogen-bond donors (Lipinski definition) is 1. The molecule has 0 fully saturated rings. The molecule has 0 radical (unpaired) electrons. The third-order valence-corrected chi connectivity index (χ3v) is 2.68. The van der Waals surface area contributed by atoms with Crippen LogP contribution in [0.2, 0.25) is 0 Å². The van der Waals surface area contributed by atoms with E-state index < -0.39 is 10.0 Å². The molecular formula is C20H35NO3S. The number of rotatable bonds is 2. The molecule has 0 saturated heterocycles. The van der Waals surface area contributed by atoms with Crippen molar-refractivity contribution in [2.24, 2.45) is 0 Å². The molecule has 1 N–H and O–H groups in total. The SMILES string of the molecule is CC.CC(C)NS(C)(=O)=O.COC.c1ccccc1.c1ccccc1. The van der Waals surface area contributed by atoms with E-state index in [0.717, 1.165) is 6.26 Å². The second kappa shape index (κ2) is 22.3. The van der Waals surface area contributed by atoms with Crippen LogP contribution in [0.25, 0.3) is 0 Å². The van der Waals surface area contributed by atoms with Gasteiger partial charge < -0.3 is 4.74 Å². The Kier molecular flexibility index (Phi) is 25.1. The van der Waals surface area contributed by atoms with Gasteiger partial charge in [-0.15, -0.1) is 0 Å². The van der Waals surface area contributed by atoms with E-state index in [-0.39, 0.29) is 6.04 Å². The third kappa shape index (κ3) is 39.3. The second-order valence-electron chi connectivity index (χ2n) is 4.76. The van der Waals surface area contributed by atoms with E-state index in [2.05, 4.69) is 9.46 Å². The van der Waals surface area contributed by atoms with Gasteiger partial charge in [0, 0.05) is 20.3 Å². The van der Waals surface area contributed by atoms with Crippen molar-refractivity contribution in [1.29, 1.82) is 0 Å². The largest absolute Gasteiger partial charge is 0.388 e. The Bertz CT molecular complexity index is 444. The van der Waals surface area contributed by atoms with Gasteiger partial charge >= 0.3 is 0 Å². The number of methoxy groups -OCH3 is 1. The van der Waals surface area contributed by atoms with Crippen LogP contribution in [0.1, 0.15) is 27.7 Å². The Morgan fingerprint density at radius 3 is 0.880 bits per heavy atom. The Balaban J connectivity index is -0.000000259. The zero-order valence-electron chi connectivity index (χ0n) is 16.6. The van der Waals surface area contributed by atoms with Crippen molar-refractivity contribution in [3.05, 3.63) is 72.8 Å². The maximum atomic E-state index is 10.3. The fourth-order valence-corrected chi connectivity index (χ4v) is 2.05. The van der Waals surface area contributed by atoms with Crippen LogP contribution < -0.4 is 4.72 Å². The van der Waals surface area contributed by atoms with Gasteiger partial charge in [0.15, 0.2) is 0 Å². The first-order chi connectivity index (χ1) is 11.8. The molecule has 2 aromatic carbocycles. The van der Waals surface area contributed by atoms with E-state index in [1.165, 1.54) is 0 Å². The summed E-state index contributed by atoms with van der Waals surface area (Å²) in [5.74, 6) is 0. The Hall–Kier alpha value is -1.69. The lowest BCUT2D eigenvalue weighted by molar-refractivity contribution is 0.277. The minimum absolute atomic E-state index is 0.00463. The lowest BCUT2D eigenvalue weighted by Gasteiger charge is -2.02. The number of ether oxygens (including phenoxy) is 1. The molecule has 2 rings (SSSR count). The summed E-state index contributed by atoms with van der Waals surface area (Å²) in [5, 5.41) is 0. The standard InChI is InChI=1S/2C6H6.C4H11NO2S.C2H6O.C2H6/c2*1-2-4-6-5-3-1;1-4(2)5-8(3,6)7;1-3-2;1-2/h2*1-6H;4-5H,1-3H3;1-2H3;1-2H3. The zero-order chi connectivity index (χ0) is 20.0. The normalized spacial score (nSPS) is 8.80. The molecule has 0 aromatic heterocycles. The van der Waals surface area contributed by atoms with Crippen LogP contribution in [-0.2, 0) is 14.8 Å². The van der Waals surface area contributed by atoms with Crippen molar-refractivity contribution in [3.63, 3.8) is 0 Å². The minimum atomic E-state index is -2.97. The van der Waals surface area contributed by atoms with Gasteiger partial charge in [-0.25, -0.2) is 13.1 Å². The molecule has 0 bridgehead atoms. The Morgan fingerprint density at radius 1 is 0.680 bits per heavy atom. The summed E-state index contributed by atoms with van der Waals surface area (Å²) in [4.78, 5) is 0. The Labute approximate surface area is 155 Å². The topological polar surface area (TPSA) is 55.4 Å². The first kappa shape index (κ1) is 28.1. The highest BCUT2D eigenvalue weighted by Gasteiger charge is 2.00. The summed E-state index contributed by atoms with van der Waals surface area (Å²) in [6.07, 6.45) is 1.15. The van der Waals surface area contributed by atoms with E-state index in [9.17, 15) is 8.42 Å². The first-order valence-electron chi connectivity index (χ1n) is 8.21. The van der Waals surface area contributed by atoms with Crippen LogP contribution >= 0.6 is 0 Å². The molecular weight excluding hydrogens is 334 g/mol. The van der Waals surface area contributed by atoms with Gasteiger partial charge in [0.1, 0.15) is 0 Å². The molecule has 0 aliphatic carbocycles.